The molecule has 0 radical (unpaired) electrons. The van der Waals surface area contributed by atoms with Gasteiger partial charge in [-0.05, 0) is 43.2 Å². The molecule has 0 aliphatic heterocycles. The van der Waals surface area contributed by atoms with Gasteiger partial charge in [0.1, 0.15) is 0 Å². The SMILES string of the molecule is O=C(CSc1ccccc1)Nc1cccc(C(=O)NC2CC2)c1. The summed E-state index contributed by atoms with van der Waals surface area (Å²) < 4.78 is 0. The molecule has 0 atom stereocenters. The van der Waals surface area contributed by atoms with Crippen molar-refractivity contribution in [3.05, 3.63) is 60.2 Å². The van der Waals surface area contributed by atoms with Crippen molar-refractivity contribution in [3.63, 3.8) is 0 Å². The van der Waals surface area contributed by atoms with E-state index in [-0.39, 0.29) is 11.8 Å². The summed E-state index contributed by atoms with van der Waals surface area (Å²) in [5.41, 5.74) is 1.22. The fraction of sp³-hybridized carbons (Fsp3) is 0.222. The van der Waals surface area contributed by atoms with Crippen LogP contribution in [0.1, 0.15) is 23.2 Å². The monoisotopic (exact) mass is 326 g/mol. The van der Waals surface area contributed by atoms with Crippen LogP contribution in [-0.4, -0.2) is 23.6 Å². The number of carbonyl (C=O) groups excluding carboxylic acids is 2. The summed E-state index contributed by atoms with van der Waals surface area (Å²) in [6.45, 7) is 0. The van der Waals surface area contributed by atoms with Crippen LogP contribution in [0.15, 0.2) is 59.5 Å². The Kier molecular flexibility index (Phi) is 4.98. The normalized spacial score (nSPS) is 13.4. The first kappa shape index (κ1) is 15.6. The first-order valence-corrected chi connectivity index (χ1v) is 8.58. The molecule has 0 heterocycles. The Morgan fingerprint density at radius 2 is 1.83 bits per heavy atom. The van der Waals surface area contributed by atoms with Crippen LogP contribution < -0.4 is 10.6 Å². The summed E-state index contributed by atoms with van der Waals surface area (Å²) in [4.78, 5) is 25.1. The number of nitrogens with one attached hydrogen (secondary N) is 2. The minimum Gasteiger partial charge on any atom is -0.349 e. The number of amides is 2. The Morgan fingerprint density at radius 1 is 1.04 bits per heavy atom. The zero-order valence-electron chi connectivity index (χ0n) is 12.6. The third kappa shape index (κ3) is 4.86. The van der Waals surface area contributed by atoms with Crippen molar-refractivity contribution in [1.82, 2.24) is 5.32 Å². The lowest BCUT2D eigenvalue weighted by molar-refractivity contribution is -0.113. The zero-order chi connectivity index (χ0) is 16.1. The number of anilines is 1. The lowest BCUT2D eigenvalue weighted by atomic mass is 10.2. The van der Waals surface area contributed by atoms with E-state index >= 15 is 0 Å². The van der Waals surface area contributed by atoms with E-state index in [4.69, 9.17) is 0 Å². The molecule has 0 aromatic heterocycles. The maximum Gasteiger partial charge on any atom is 0.251 e. The number of benzene rings is 2. The Bertz CT molecular complexity index is 699. The van der Waals surface area contributed by atoms with E-state index in [1.807, 2.05) is 30.3 Å². The van der Waals surface area contributed by atoms with Gasteiger partial charge in [0.25, 0.3) is 5.91 Å². The van der Waals surface area contributed by atoms with E-state index < -0.39 is 0 Å². The molecule has 0 saturated heterocycles. The number of thioether (sulfide) groups is 1. The van der Waals surface area contributed by atoms with E-state index in [1.165, 1.54) is 11.8 Å². The van der Waals surface area contributed by atoms with E-state index in [9.17, 15) is 9.59 Å². The third-order valence-electron chi connectivity index (χ3n) is 3.43. The Labute approximate surface area is 139 Å². The predicted molar refractivity (Wildman–Crippen MR) is 92.7 cm³/mol. The van der Waals surface area contributed by atoms with Gasteiger partial charge in [-0.1, -0.05) is 24.3 Å². The quantitative estimate of drug-likeness (QED) is 0.801. The first-order chi connectivity index (χ1) is 11.2. The molecule has 23 heavy (non-hydrogen) atoms. The van der Waals surface area contributed by atoms with Gasteiger partial charge in [0.15, 0.2) is 0 Å². The van der Waals surface area contributed by atoms with Gasteiger partial charge >= 0.3 is 0 Å². The molecule has 4 nitrogen and oxygen atoms in total. The zero-order valence-corrected chi connectivity index (χ0v) is 13.4. The lowest BCUT2D eigenvalue weighted by Crippen LogP contribution is -2.25. The second-order valence-corrected chi connectivity index (χ2v) is 6.53. The molecule has 0 bridgehead atoms. The van der Waals surface area contributed by atoms with Gasteiger partial charge in [0.2, 0.25) is 5.91 Å². The van der Waals surface area contributed by atoms with Crippen LogP contribution in [0.3, 0.4) is 0 Å². The van der Waals surface area contributed by atoms with Gasteiger partial charge in [0.05, 0.1) is 5.75 Å². The van der Waals surface area contributed by atoms with Crippen molar-refractivity contribution < 1.29 is 9.59 Å². The number of hydrogen-bond donors (Lipinski definition) is 2. The van der Waals surface area contributed by atoms with Crippen molar-refractivity contribution in [2.24, 2.45) is 0 Å². The lowest BCUT2D eigenvalue weighted by Gasteiger charge is -2.08. The molecule has 2 aromatic carbocycles. The Morgan fingerprint density at radius 3 is 2.57 bits per heavy atom. The molecular weight excluding hydrogens is 308 g/mol. The molecule has 2 N–H and O–H groups in total. The van der Waals surface area contributed by atoms with Crippen LogP contribution in [0.5, 0.6) is 0 Å². The second kappa shape index (κ2) is 7.33. The summed E-state index contributed by atoms with van der Waals surface area (Å²) in [6, 6.07) is 17.1. The second-order valence-electron chi connectivity index (χ2n) is 5.48. The molecule has 1 saturated carbocycles. The molecule has 118 valence electrons. The van der Waals surface area contributed by atoms with Gasteiger partial charge in [-0.2, -0.15) is 0 Å². The number of carbonyl (C=O) groups is 2. The molecular formula is C18H18N2O2S. The first-order valence-electron chi connectivity index (χ1n) is 7.59. The van der Waals surface area contributed by atoms with E-state index in [0.29, 0.717) is 23.0 Å². The molecule has 0 unspecified atom stereocenters. The molecule has 2 aromatic rings. The average molecular weight is 326 g/mol. The van der Waals surface area contributed by atoms with Gasteiger partial charge in [-0.25, -0.2) is 0 Å². The predicted octanol–water partition coefficient (Wildman–Crippen LogP) is 3.31. The fourth-order valence-corrected chi connectivity index (χ4v) is 2.82. The third-order valence-corrected chi connectivity index (χ3v) is 4.45. The summed E-state index contributed by atoms with van der Waals surface area (Å²) >= 11 is 1.48. The Balaban J connectivity index is 1.54. The van der Waals surface area contributed by atoms with Crippen LogP contribution in [0.4, 0.5) is 5.69 Å². The summed E-state index contributed by atoms with van der Waals surface area (Å²) in [5.74, 6) is 0.170. The molecule has 1 aliphatic rings. The topological polar surface area (TPSA) is 58.2 Å². The minimum absolute atomic E-state index is 0.0812. The fourth-order valence-electron chi connectivity index (χ4n) is 2.10. The number of hydrogen-bond acceptors (Lipinski definition) is 3. The van der Waals surface area contributed by atoms with Gasteiger partial charge in [-0.3, -0.25) is 9.59 Å². The molecule has 5 heteroatoms. The van der Waals surface area contributed by atoms with E-state index in [2.05, 4.69) is 10.6 Å². The highest BCUT2D eigenvalue weighted by atomic mass is 32.2. The molecule has 3 rings (SSSR count). The maximum atomic E-state index is 12.0. The van der Waals surface area contributed by atoms with Crippen LogP contribution in [0.25, 0.3) is 0 Å². The van der Waals surface area contributed by atoms with Crippen LogP contribution in [0, 0.1) is 0 Å². The van der Waals surface area contributed by atoms with Crippen molar-refractivity contribution in [1.29, 1.82) is 0 Å². The van der Waals surface area contributed by atoms with Crippen molar-refractivity contribution in [2.75, 3.05) is 11.1 Å². The minimum atomic E-state index is -0.0846. The summed E-state index contributed by atoms with van der Waals surface area (Å²) in [6.07, 6.45) is 2.11. The maximum absolute atomic E-state index is 12.0. The van der Waals surface area contributed by atoms with E-state index in [0.717, 1.165) is 17.7 Å². The van der Waals surface area contributed by atoms with Crippen molar-refractivity contribution in [3.8, 4) is 0 Å². The highest BCUT2D eigenvalue weighted by Gasteiger charge is 2.23. The summed E-state index contributed by atoms with van der Waals surface area (Å²) in [7, 11) is 0. The van der Waals surface area contributed by atoms with Gasteiger partial charge in [-0.15, -0.1) is 11.8 Å². The molecule has 2 amide bonds. The van der Waals surface area contributed by atoms with Crippen molar-refractivity contribution >= 4 is 29.3 Å². The standard InChI is InChI=1S/C18H18N2O2S/c21-17(12-23-16-7-2-1-3-8-16)19-15-6-4-5-13(11-15)18(22)20-14-9-10-14/h1-8,11,14H,9-10,12H2,(H,19,21)(H,20,22). The highest BCUT2D eigenvalue weighted by molar-refractivity contribution is 8.00. The van der Waals surface area contributed by atoms with Gasteiger partial charge in [0, 0.05) is 22.2 Å². The largest absolute Gasteiger partial charge is 0.349 e. The van der Waals surface area contributed by atoms with Crippen LogP contribution in [0.2, 0.25) is 0 Å². The summed E-state index contributed by atoms with van der Waals surface area (Å²) in [5, 5.41) is 5.78. The molecule has 1 aliphatic carbocycles. The Hall–Kier alpha value is -2.27. The van der Waals surface area contributed by atoms with Crippen LogP contribution >= 0.6 is 11.8 Å². The number of rotatable bonds is 6. The van der Waals surface area contributed by atoms with Crippen molar-refractivity contribution in [2.45, 2.75) is 23.8 Å². The van der Waals surface area contributed by atoms with Gasteiger partial charge < -0.3 is 10.6 Å². The molecule has 1 fully saturated rings. The smallest absolute Gasteiger partial charge is 0.251 e. The molecule has 0 spiro atoms. The van der Waals surface area contributed by atoms with E-state index in [1.54, 1.807) is 24.3 Å². The van der Waals surface area contributed by atoms with Crippen LogP contribution in [-0.2, 0) is 4.79 Å². The average Bonchev–Trinajstić information content (AvgIpc) is 3.38. The highest BCUT2D eigenvalue weighted by Crippen LogP contribution is 2.20.